The number of pyridine rings is 1. The summed E-state index contributed by atoms with van der Waals surface area (Å²) in [7, 11) is 1.49. The van der Waals surface area contributed by atoms with Crippen LogP contribution in [0.1, 0.15) is 23.2 Å². The molecule has 2 N–H and O–H groups in total. The number of aromatic nitrogens is 1. The van der Waals surface area contributed by atoms with Crippen LogP contribution < -0.4 is 11.3 Å². The van der Waals surface area contributed by atoms with E-state index in [1.807, 2.05) is 0 Å². The summed E-state index contributed by atoms with van der Waals surface area (Å²) in [5.41, 5.74) is 5.17. The van der Waals surface area contributed by atoms with Crippen molar-refractivity contribution < 1.29 is 18.0 Å². The van der Waals surface area contributed by atoms with E-state index < -0.39 is 29.7 Å². The van der Waals surface area contributed by atoms with Crippen molar-refractivity contribution in [1.29, 1.82) is 0 Å². The van der Waals surface area contributed by atoms with Crippen molar-refractivity contribution >= 4 is 5.91 Å². The Labute approximate surface area is 119 Å². The van der Waals surface area contributed by atoms with Crippen molar-refractivity contribution in [3.05, 3.63) is 34.2 Å². The minimum absolute atomic E-state index is 0.0542. The van der Waals surface area contributed by atoms with Gasteiger partial charge in [0.05, 0.1) is 0 Å². The summed E-state index contributed by atoms with van der Waals surface area (Å²) >= 11 is 0. The number of aryl methyl sites for hydroxylation is 1. The number of likely N-dealkylation sites (tertiary alicyclic amines) is 1. The minimum Gasteiger partial charge on any atom is -0.326 e. The number of carbonyl (C=O) groups is 1. The van der Waals surface area contributed by atoms with Gasteiger partial charge >= 0.3 is 6.18 Å². The van der Waals surface area contributed by atoms with Gasteiger partial charge in [-0.2, -0.15) is 13.2 Å². The van der Waals surface area contributed by atoms with E-state index in [4.69, 9.17) is 5.73 Å². The molecule has 5 nitrogen and oxygen atoms in total. The number of nitrogens with two attached hydrogens (primary N) is 1. The number of carbonyl (C=O) groups excluding carboxylic acids is 1. The number of hydrogen-bond donors (Lipinski definition) is 1. The molecule has 1 aromatic rings. The fraction of sp³-hybridized carbons (Fsp3) is 0.538. The molecule has 21 heavy (non-hydrogen) atoms. The molecule has 2 heterocycles. The maximum Gasteiger partial charge on any atom is 0.408 e. The number of halogens is 3. The molecule has 1 fully saturated rings. The lowest BCUT2D eigenvalue weighted by Gasteiger charge is -2.39. The van der Waals surface area contributed by atoms with Crippen LogP contribution in [-0.4, -0.2) is 40.2 Å². The third-order valence-electron chi connectivity index (χ3n) is 3.61. The average molecular weight is 303 g/mol. The van der Waals surface area contributed by atoms with Crippen molar-refractivity contribution in [3.63, 3.8) is 0 Å². The number of nitrogens with zero attached hydrogens (tertiary/aromatic N) is 2. The van der Waals surface area contributed by atoms with E-state index in [0.717, 1.165) is 11.0 Å². The molecule has 1 aliphatic rings. The highest BCUT2D eigenvalue weighted by molar-refractivity contribution is 5.94. The van der Waals surface area contributed by atoms with Gasteiger partial charge in [-0.25, -0.2) is 0 Å². The second kappa shape index (κ2) is 5.51. The summed E-state index contributed by atoms with van der Waals surface area (Å²) in [6, 6.07) is 0.0284. The summed E-state index contributed by atoms with van der Waals surface area (Å²) < 4.78 is 40.3. The summed E-state index contributed by atoms with van der Waals surface area (Å²) in [5.74, 6) is -0.815. The fourth-order valence-corrected chi connectivity index (χ4v) is 2.41. The Hall–Kier alpha value is -1.83. The van der Waals surface area contributed by atoms with Crippen molar-refractivity contribution in [3.8, 4) is 0 Å². The molecule has 0 radical (unpaired) electrons. The number of rotatable bonds is 1. The van der Waals surface area contributed by atoms with Crippen LogP contribution >= 0.6 is 0 Å². The van der Waals surface area contributed by atoms with Gasteiger partial charge in [0.15, 0.2) is 0 Å². The lowest BCUT2D eigenvalue weighted by atomic mass is 9.97. The van der Waals surface area contributed by atoms with Crippen LogP contribution in [0.15, 0.2) is 23.1 Å². The van der Waals surface area contributed by atoms with E-state index >= 15 is 0 Å². The third kappa shape index (κ3) is 3.26. The van der Waals surface area contributed by atoms with Gasteiger partial charge in [0.25, 0.3) is 11.5 Å². The van der Waals surface area contributed by atoms with Gasteiger partial charge < -0.3 is 15.2 Å². The lowest BCUT2D eigenvalue weighted by Crippen LogP contribution is -2.56. The van der Waals surface area contributed by atoms with Crippen LogP contribution in [-0.2, 0) is 7.05 Å². The molecule has 8 heteroatoms. The van der Waals surface area contributed by atoms with Crippen LogP contribution in [0, 0.1) is 0 Å². The van der Waals surface area contributed by atoms with E-state index in [0.29, 0.717) is 0 Å². The number of hydrogen-bond acceptors (Lipinski definition) is 3. The second-order valence-electron chi connectivity index (χ2n) is 5.22. The van der Waals surface area contributed by atoms with Crippen molar-refractivity contribution in [1.82, 2.24) is 9.47 Å². The van der Waals surface area contributed by atoms with Gasteiger partial charge in [-0.15, -0.1) is 0 Å². The normalized spacial score (nSPS) is 23.2. The number of piperidine rings is 1. The van der Waals surface area contributed by atoms with E-state index in [-0.39, 0.29) is 24.9 Å². The van der Waals surface area contributed by atoms with Gasteiger partial charge in [0.2, 0.25) is 0 Å². The lowest BCUT2D eigenvalue weighted by molar-refractivity contribution is -0.184. The third-order valence-corrected chi connectivity index (χ3v) is 3.61. The zero-order valence-electron chi connectivity index (χ0n) is 11.4. The molecule has 0 spiro atoms. The molecule has 2 unspecified atom stereocenters. The number of amides is 1. The minimum atomic E-state index is -4.50. The monoisotopic (exact) mass is 303 g/mol. The highest BCUT2D eigenvalue weighted by Gasteiger charge is 2.47. The quantitative estimate of drug-likeness (QED) is 0.837. The zero-order chi connectivity index (χ0) is 15.8. The largest absolute Gasteiger partial charge is 0.408 e. The summed E-state index contributed by atoms with van der Waals surface area (Å²) in [6.07, 6.45) is -3.16. The first-order valence-corrected chi connectivity index (χ1v) is 6.50. The van der Waals surface area contributed by atoms with Gasteiger partial charge in [-0.05, 0) is 18.9 Å². The first kappa shape index (κ1) is 15.6. The SMILES string of the molecule is Cn1ccc(C(=O)N2CC(N)CCC2C(F)(F)F)cc1=O. The molecule has 1 aromatic heterocycles. The van der Waals surface area contributed by atoms with E-state index in [1.165, 1.54) is 23.9 Å². The Kier molecular flexibility index (Phi) is 4.08. The van der Waals surface area contributed by atoms with E-state index in [1.54, 1.807) is 0 Å². The highest BCUT2D eigenvalue weighted by atomic mass is 19.4. The highest BCUT2D eigenvalue weighted by Crippen LogP contribution is 2.32. The molecular formula is C13H16F3N3O2. The predicted molar refractivity (Wildman–Crippen MR) is 69.8 cm³/mol. The van der Waals surface area contributed by atoms with Gasteiger partial charge in [0.1, 0.15) is 6.04 Å². The molecule has 0 aromatic carbocycles. The summed E-state index contributed by atoms with van der Waals surface area (Å²) in [6.45, 7) is -0.168. The fourth-order valence-electron chi connectivity index (χ4n) is 2.41. The van der Waals surface area contributed by atoms with E-state index in [2.05, 4.69) is 0 Å². The molecule has 1 amide bonds. The van der Waals surface area contributed by atoms with Crippen molar-refractivity contribution in [2.45, 2.75) is 31.1 Å². The first-order valence-electron chi connectivity index (χ1n) is 6.50. The topological polar surface area (TPSA) is 68.3 Å². The van der Waals surface area contributed by atoms with Crippen LogP contribution in [0.3, 0.4) is 0 Å². The molecule has 2 rings (SSSR count). The van der Waals surface area contributed by atoms with E-state index in [9.17, 15) is 22.8 Å². The van der Waals surface area contributed by atoms with Crippen molar-refractivity contribution in [2.24, 2.45) is 12.8 Å². The van der Waals surface area contributed by atoms with Crippen LogP contribution in [0.2, 0.25) is 0 Å². The Bertz CT molecular complexity index is 597. The van der Waals surface area contributed by atoms with Crippen molar-refractivity contribution in [2.75, 3.05) is 6.54 Å². The Morgan fingerprint density at radius 2 is 2.05 bits per heavy atom. The van der Waals surface area contributed by atoms with Crippen LogP contribution in [0.25, 0.3) is 0 Å². The van der Waals surface area contributed by atoms with Gasteiger partial charge in [-0.3, -0.25) is 9.59 Å². The molecule has 0 aliphatic carbocycles. The summed E-state index contributed by atoms with van der Waals surface area (Å²) in [5, 5.41) is 0. The maximum atomic E-state index is 13.0. The molecule has 1 saturated heterocycles. The predicted octanol–water partition coefficient (Wildman–Crippen LogP) is 0.879. The Morgan fingerprint density at radius 1 is 1.38 bits per heavy atom. The Morgan fingerprint density at radius 3 is 2.62 bits per heavy atom. The zero-order valence-corrected chi connectivity index (χ0v) is 11.4. The van der Waals surface area contributed by atoms with Crippen LogP contribution in [0.5, 0.6) is 0 Å². The maximum absolute atomic E-state index is 13.0. The summed E-state index contributed by atoms with van der Waals surface area (Å²) in [4.78, 5) is 24.5. The van der Waals surface area contributed by atoms with Crippen LogP contribution in [0.4, 0.5) is 13.2 Å². The Balaban J connectivity index is 2.33. The average Bonchev–Trinajstić information content (AvgIpc) is 2.39. The second-order valence-corrected chi connectivity index (χ2v) is 5.22. The molecule has 2 atom stereocenters. The smallest absolute Gasteiger partial charge is 0.326 e. The standard InChI is InChI=1S/C13H16F3N3O2/c1-18-5-4-8(6-11(18)20)12(21)19-7-9(17)2-3-10(19)13(14,15)16/h4-6,9-10H,2-3,7,17H2,1H3. The molecule has 116 valence electrons. The molecule has 0 saturated carbocycles. The van der Waals surface area contributed by atoms with Gasteiger partial charge in [-0.1, -0.05) is 0 Å². The molecule has 1 aliphatic heterocycles. The number of alkyl halides is 3. The first-order chi connectivity index (χ1) is 9.70. The molecular weight excluding hydrogens is 287 g/mol. The van der Waals surface area contributed by atoms with Gasteiger partial charge in [0, 0.05) is 37.5 Å². The molecule has 0 bridgehead atoms.